The largest absolute Gasteiger partial charge is 0.445 e. The van der Waals surface area contributed by atoms with Crippen LogP contribution in [0, 0.1) is 0 Å². The fourth-order valence-electron chi connectivity index (χ4n) is 2.40. The molecular weight excluding hydrogens is 294 g/mol. The molecule has 0 heterocycles. The van der Waals surface area contributed by atoms with E-state index in [2.05, 4.69) is 16.0 Å². The van der Waals surface area contributed by atoms with Crippen molar-refractivity contribution in [2.45, 2.75) is 44.9 Å². The Kier molecular flexibility index (Phi) is 6.87. The van der Waals surface area contributed by atoms with Crippen molar-refractivity contribution in [3.8, 4) is 0 Å². The van der Waals surface area contributed by atoms with Crippen molar-refractivity contribution < 1.29 is 14.3 Å². The average Bonchev–Trinajstić information content (AvgIpc) is 2.53. The number of carbonyl (C=O) groups is 2. The van der Waals surface area contributed by atoms with Gasteiger partial charge in [0.2, 0.25) is 5.91 Å². The number of hydrogen-bond donors (Lipinski definition) is 3. The molecular formula is C17H25N3O3. The highest BCUT2D eigenvalue weighted by atomic mass is 16.5. The maximum Gasteiger partial charge on any atom is 0.407 e. The van der Waals surface area contributed by atoms with Gasteiger partial charge in [0, 0.05) is 18.6 Å². The van der Waals surface area contributed by atoms with Crippen molar-refractivity contribution in [1.82, 2.24) is 16.0 Å². The molecule has 1 aromatic carbocycles. The Bertz CT molecular complexity index is 501. The topological polar surface area (TPSA) is 79.5 Å². The molecule has 0 bridgehead atoms. The highest BCUT2D eigenvalue weighted by molar-refractivity contribution is 5.78. The number of amides is 2. The second kappa shape index (κ2) is 9.15. The lowest BCUT2D eigenvalue weighted by molar-refractivity contribution is -0.120. The first-order valence-electron chi connectivity index (χ1n) is 8.14. The maximum atomic E-state index is 11.7. The summed E-state index contributed by atoms with van der Waals surface area (Å²) in [6, 6.07) is 9.98. The summed E-state index contributed by atoms with van der Waals surface area (Å²) in [5, 5.41) is 8.84. The van der Waals surface area contributed by atoms with E-state index in [4.69, 9.17) is 4.74 Å². The summed E-state index contributed by atoms with van der Waals surface area (Å²) in [7, 11) is 0. The van der Waals surface area contributed by atoms with Crippen molar-refractivity contribution in [1.29, 1.82) is 0 Å². The molecule has 0 atom stereocenters. The predicted octanol–water partition coefficient (Wildman–Crippen LogP) is 1.56. The minimum absolute atomic E-state index is 0.0190. The molecule has 0 aliphatic heterocycles. The normalized spacial score (nSPS) is 19.5. The van der Waals surface area contributed by atoms with Crippen LogP contribution in [0.3, 0.4) is 0 Å². The first-order valence-corrected chi connectivity index (χ1v) is 8.14. The van der Waals surface area contributed by atoms with Gasteiger partial charge in [0.05, 0.1) is 6.54 Å². The minimum atomic E-state index is -0.391. The summed E-state index contributed by atoms with van der Waals surface area (Å²) in [6.07, 6.45) is 2.19. The predicted molar refractivity (Wildman–Crippen MR) is 87.9 cm³/mol. The first kappa shape index (κ1) is 17.3. The van der Waals surface area contributed by atoms with Crippen LogP contribution in [0.5, 0.6) is 0 Å². The lowest BCUT2D eigenvalue weighted by Crippen LogP contribution is -2.54. The highest BCUT2D eigenvalue weighted by Gasteiger charge is 2.30. The Morgan fingerprint density at radius 3 is 2.61 bits per heavy atom. The number of alkyl carbamates (subject to hydrolysis) is 1. The fourth-order valence-corrected chi connectivity index (χ4v) is 2.40. The smallest absolute Gasteiger partial charge is 0.407 e. The lowest BCUT2D eigenvalue weighted by atomic mass is 9.87. The number of ether oxygens (including phenoxy) is 1. The Morgan fingerprint density at radius 2 is 1.91 bits per heavy atom. The van der Waals surface area contributed by atoms with Gasteiger partial charge < -0.3 is 20.7 Å². The van der Waals surface area contributed by atoms with Gasteiger partial charge in [0.25, 0.3) is 0 Å². The summed E-state index contributed by atoms with van der Waals surface area (Å²) in [6.45, 7) is 3.34. The van der Waals surface area contributed by atoms with E-state index in [1.807, 2.05) is 37.3 Å². The molecule has 6 nitrogen and oxygen atoms in total. The molecule has 0 unspecified atom stereocenters. The molecule has 3 N–H and O–H groups in total. The van der Waals surface area contributed by atoms with Crippen LogP contribution in [0.1, 0.15) is 31.7 Å². The van der Waals surface area contributed by atoms with Gasteiger partial charge in [-0.3, -0.25) is 4.79 Å². The Hall–Kier alpha value is -2.08. The van der Waals surface area contributed by atoms with E-state index in [-0.39, 0.29) is 24.6 Å². The fraction of sp³-hybridized carbons (Fsp3) is 0.529. The molecule has 0 aromatic heterocycles. The standard InChI is InChI=1S/C17H25N3O3/c1-2-8-18-16(21)11-19-14-9-15(10-14)20-17(22)23-12-13-6-4-3-5-7-13/h3-7,14-15,19H,2,8-12H2,1H3,(H,18,21)(H,20,22). The van der Waals surface area contributed by atoms with E-state index in [0.29, 0.717) is 13.1 Å². The molecule has 1 aromatic rings. The van der Waals surface area contributed by atoms with Crippen LogP contribution >= 0.6 is 0 Å². The van der Waals surface area contributed by atoms with Gasteiger partial charge in [-0.15, -0.1) is 0 Å². The van der Waals surface area contributed by atoms with E-state index in [1.54, 1.807) is 0 Å². The van der Waals surface area contributed by atoms with E-state index in [9.17, 15) is 9.59 Å². The zero-order valence-electron chi connectivity index (χ0n) is 13.5. The number of hydrogen-bond acceptors (Lipinski definition) is 4. The Balaban J connectivity index is 1.53. The van der Waals surface area contributed by atoms with E-state index in [1.165, 1.54) is 0 Å². The summed E-state index contributed by atoms with van der Waals surface area (Å²) >= 11 is 0. The molecule has 1 aliphatic carbocycles. The van der Waals surface area contributed by atoms with Crippen LogP contribution in [-0.4, -0.2) is 37.2 Å². The molecule has 0 spiro atoms. The number of nitrogens with one attached hydrogen (secondary N) is 3. The van der Waals surface area contributed by atoms with Crippen LogP contribution in [0.15, 0.2) is 30.3 Å². The monoisotopic (exact) mass is 319 g/mol. The number of rotatable bonds is 8. The van der Waals surface area contributed by atoms with Crippen LogP contribution in [0.4, 0.5) is 4.79 Å². The minimum Gasteiger partial charge on any atom is -0.445 e. The lowest BCUT2D eigenvalue weighted by Gasteiger charge is -2.35. The zero-order valence-corrected chi connectivity index (χ0v) is 13.5. The Morgan fingerprint density at radius 1 is 1.17 bits per heavy atom. The van der Waals surface area contributed by atoms with Crippen LogP contribution in [0.25, 0.3) is 0 Å². The summed E-state index contributed by atoms with van der Waals surface area (Å²) in [5.74, 6) is 0.0190. The summed E-state index contributed by atoms with van der Waals surface area (Å²) in [4.78, 5) is 23.2. The molecule has 2 amide bonds. The van der Waals surface area contributed by atoms with Gasteiger partial charge in [0.15, 0.2) is 0 Å². The number of benzene rings is 1. The van der Waals surface area contributed by atoms with E-state index in [0.717, 1.165) is 24.8 Å². The maximum absolute atomic E-state index is 11.7. The molecule has 23 heavy (non-hydrogen) atoms. The van der Waals surface area contributed by atoms with E-state index >= 15 is 0 Å². The Labute approximate surface area is 137 Å². The highest BCUT2D eigenvalue weighted by Crippen LogP contribution is 2.19. The zero-order chi connectivity index (χ0) is 16.5. The molecule has 126 valence electrons. The van der Waals surface area contributed by atoms with Crippen molar-refractivity contribution in [2.75, 3.05) is 13.1 Å². The number of carbonyl (C=O) groups excluding carboxylic acids is 2. The summed E-state index contributed by atoms with van der Waals surface area (Å²) in [5.41, 5.74) is 0.967. The third-order valence-electron chi connectivity index (χ3n) is 3.80. The molecule has 1 aliphatic rings. The van der Waals surface area contributed by atoms with Gasteiger partial charge in [-0.05, 0) is 24.8 Å². The van der Waals surface area contributed by atoms with Crippen molar-refractivity contribution >= 4 is 12.0 Å². The molecule has 1 fully saturated rings. The average molecular weight is 319 g/mol. The molecule has 0 saturated heterocycles. The SMILES string of the molecule is CCCNC(=O)CNC1CC(NC(=O)OCc2ccccc2)C1. The van der Waals surface area contributed by atoms with Crippen LogP contribution < -0.4 is 16.0 Å². The summed E-state index contributed by atoms with van der Waals surface area (Å²) < 4.78 is 5.18. The van der Waals surface area contributed by atoms with Gasteiger partial charge in [0.1, 0.15) is 6.61 Å². The van der Waals surface area contributed by atoms with Crippen molar-refractivity contribution in [3.05, 3.63) is 35.9 Å². The van der Waals surface area contributed by atoms with Crippen molar-refractivity contribution in [2.24, 2.45) is 0 Å². The van der Waals surface area contributed by atoms with Gasteiger partial charge >= 0.3 is 6.09 Å². The third-order valence-corrected chi connectivity index (χ3v) is 3.80. The van der Waals surface area contributed by atoms with E-state index < -0.39 is 6.09 Å². The molecule has 6 heteroatoms. The molecule has 1 saturated carbocycles. The second-order valence-corrected chi connectivity index (χ2v) is 5.80. The third kappa shape index (κ3) is 6.28. The quantitative estimate of drug-likeness (QED) is 0.679. The van der Waals surface area contributed by atoms with Crippen molar-refractivity contribution in [3.63, 3.8) is 0 Å². The van der Waals surface area contributed by atoms with Gasteiger partial charge in [-0.2, -0.15) is 0 Å². The van der Waals surface area contributed by atoms with Gasteiger partial charge in [-0.1, -0.05) is 37.3 Å². The second-order valence-electron chi connectivity index (χ2n) is 5.80. The molecule has 2 rings (SSSR count). The van der Waals surface area contributed by atoms with Gasteiger partial charge in [-0.25, -0.2) is 4.79 Å². The first-order chi connectivity index (χ1) is 11.2. The van der Waals surface area contributed by atoms with Crippen LogP contribution in [-0.2, 0) is 16.1 Å². The van der Waals surface area contributed by atoms with Crippen LogP contribution in [0.2, 0.25) is 0 Å². The molecule has 0 radical (unpaired) electrons.